The molecule has 18 heavy (non-hydrogen) atoms. The molecule has 1 aromatic heterocycles. The van der Waals surface area contributed by atoms with Gasteiger partial charge in [-0.2, -0.15) is 0 Å². The number of nitrogens with zero attached hydrogens (tertiary/aromatic N) is 2. The Balaban J connectivity index is 1.86. The first kappa shape index (κ1) is 11.3. The van der Waals surface area contributed by atoms with Gasteiger partial charge in [0, 0.05) is 17.9 Å². The molecule has 0 bridgehead atoms. The molecule has 1 heterocycles. The van der Waals surface area contributed by atoms with E-state index < -0.39 is 0 Å². The smallest absolute Gasteiger partial charge is 0.207 e. The fourth-order valence-corrected chi connectivity index (χ4v) is 2.24. The lowest BCUT2D eigenvalue weighted by atomic mass is 10.1. The Labute approximate surface area is 108 Å². The fourth-order valence-electron chi connectivity index (χ4n) is 2.24. The van der Waals surface area contributed by atoms with Crippen LogP contribution in [-0.4, -0.2) is 9.55 Å². The molecule has 0 radical (unpaired) electrons. The van der Waals surface area contributed by atoms with Crippen LogP contribution in [0.5, 0.6) is 0 Å². The molecule has 1 aliphatic carbocycles. The van der Waals surface area contributed by atoms with Crippen LogP contribution in [0.4, 0.5) is 11.6 Å². The second-order valence-corrected chi connectivity index (χ2v) is 5.02. The van der Waals surface area contributed by atoms with Crippen LogP contribution in [0.2, 0.25) is 0 Å². The molecule has 0 atom stereocenters. The highest BCUT2D eigenvalue weighted by molar-refractivity contribution is 5.55. The molecule has 3 nitrogen and oxygen atoms in total. The second-order valence-electron chi connectivity index (χ2n) is 5.02. The van der Waals surface area contributed by atoms with Crippen LogP contribution >= 0.6 is 0 Å². The van der Waals surface area contributed by atoms with Gasteiger partial charge in [-0.3, -0.25) is 0 Å². The van der Waals surface area contributed by atoms with Gasteiger partial charge in [0.2, 0.25) is 5.95 Å². The van der Waals surface area contributed by atoms with Gasteiger partial charge in [-0.25, -0.2) is 4.98 Å². The molecule has 1 N–H and O–H groups in total. The Kier molecular flexibility index (Phi) is 2.82. The monoisotopic (exact) mass is 241 g/mol. The Morgan fingerprint density at radius 2 is 2.22 bits per heavy atom. The van der Waals surface area contributed by atoms with E-state index in [0.29, 0.717) is 6.04 Å². The SMILES string of the molecule is CCc1cccc(Nc2nc(C)cn2C2CC2)c1. The number of imidazole rings is 1. The Bertz CT molecular complexity index is 553. The summed E-state index contributed by atoms with van der Waals surface area (Å²) in [7, 11) is 0. The van der Waals surface area contributed by atoms with Crippen molar-refractivity contribution in [3.63, 3.8) is 0 Å². The summed E-state index contributed by atoms with van der Waals surface area (Å²) < 4.78 is 2.27. The van der Waals surface area contributed by atoms with Crippen molar-refractivity contribution in [1.82, 2.24) is 9.55 Å². The fraction of sp³-hybridized carbons (Fsp3) is 0.400. The van der Waals surface area contributed by atoms with Crippen molar-refractivity contribution in [2.75, 3.05) is 5.32 Å². The first-order chi connectivity index (χ1) is 8.76. The topological polar surface area (TPSA) is 29.9 Å². The molecule has 3 heteroatoms. The van der Waals surface area contributed by atoms with E-state index >= 15 is 0 Å². The number of benzene rings is 1. The Hall–Kier alpha value is -1.77. The zero-order valence-electron chi connectivity index (χ0n) is 11.0. The third-order valence-corrected chi connectivity index (χ3v) is 3.38. The molecular weight excluding hydrogens is 222 g/mol. The van der Waals surface area contributed by atoms with E-state index in [1.807, 2.05) is 6.92 Å². The summed E-state index contributed by atoms with van der Waals surface area (Å²) >= 11 is 0. The van der Waals surface area contributed by atoms with Gasteiger partial charge in [0.1, 0.15) is 0 Å². The van der Waals surface area contributed by atoms with Crippen LogP contribution in [-0.2, 0) is 6.42 Å². The zero-order valence-corrected chi connectivity index (χ0v) is 11.0. The van der Waals surface area contributed by atoms with E-state index in [0.717, 1.165) is 23.8 Å². The van der Waals surface area contributed by atoms with Crippen molar-refractivity contribution in [1.29, 1.82) is 0 Å². The molecule has 1 fully saturated rings. The number of aromatic nitrogens is 2. The molecule has 0 aliphatic heterocycles. The lowest BCUT2D eigenvalue weighted by molar-refractivity contribution is 0.750. The van der Waals surface area contributed by atoms with Gasteiger partial charge in [-0.1, -0.05) is 19.1 Å². The third-order valence-electron chi connectivity index (χ3n) is 3.38. The quantitative estimate of drug-likeness (QED) is 0.881. The Morgan fingerprint density at radius 3 is 2.94 bits per heavy atom. The summed E-state index contributed by atoms with van der Waals surface area (Å²) in [5.74, 6) is 0.975. The average molecular weight is 241 g/mol. The molecule has 94 valence electrons. The van der Waals surface area contributed by atoms with E-state index in [1.54, 1.807) is 0 Å². The maximum atomic E-state index is 4.57. The first-order valence-electron chi connectivity index (χ1n) is 6.67. The summed E-state index contributed by atoms with van der Waals surface area (Å²) in [6.45, 7) is 4.22. The summed E-state index contributed by atoms with van der Waals surface area (Å²) in [6.07, 6.45) is 5.76. The van der Waals surface area contributed by atoms with Crippen molar-refractivity contribution >= 4 is 11.6 Å². The highest BCUT2D eigenvalue weighted by atomic mass is 15.2. The van der Waals surface area contributed by atoms with Crippen molar-refractivity contribution < 1.29 is 0 Å². The predicted molar refractivity (Wildman–Crippen MR) is 74.3 cm³/mol. The highest BCUT2D eigenvalue weighted by Crippen LogP contribution is 2.37. The lowest BCUT2D eigenvalue weighted by Crippen LogP contribution is -2.01. The van der Waals surface area contributed by atoms with Crippen molar-refractivity contribution in [3.05, 3.63) is 41.7 Å². The predicted octanol–water partition coefficient (Wildman–Crippen LogP) is 3.83. The zero-order chi connectivity index (χ0) is 12.5. The van der Waals surface area contributed by atoms with Gasteiger partial charge in [0.25, 0.3) is 0 Å². The molecule has 0 spiro atoms. The summed E-state index contributed by atoms with van der Waals surface area (Å²) in [5.41, 5.74) is 3.55. The Morgan fingerprint density at radius 1 is 1.39 bits per heavy atom. The van der Waals surface area contributed by atoms with Gasteiger partial charge in [0.05, 0.1) is 5.69 Å². The molecule has 0 unspecified atom stereocenters. The molecule has 1 aliphatic rings. The van der Waals surface area contributed by atoms with Crippen LogP contribution in [0.25, 0.3) is 0 Å². The van der Waals surface area contributed by atoms with Gasteiger partial charge >= 0.3 is 0 Å². The largest absolute Gasteiger partial charge is 0.326 e. The number of hydrogen-bond acceptors (Lipinski definition) is 2. The number of anilines is 2. The highest BCUT2D eigenvalue weighted by Gasteiger charge is 2.26. The number of rotatable bonds is 4. The molecule has 3 rings (SSSR count). The summed E-state index contributed by atoms with van der Waals surface area (Å²) in [6, 6.07) is 9.20. The normalized spacial score (nSPS) is 14.8. The van der Waals surface area contributed by atoms with E-state index in [1.165, 1.54) is 18.4 Å². The van der Waals surface area contributed by atoms with E-state index in [2.05, 4.69) is 52.3 Å². The first-order valence-corrected chi connectivity index (χ1v) is 6.67. The minimum absolute atomic E-state index is 0.656. The third kappa shape index (κ3) is 2.26. The van der Waals surface area contributed by atoms with Gasteiger partial charge < -0.3 is 9.88 Å². The average Bonchev–Trinajstić information content (AvgIpc) is 3.15. The number of hydrogen-bond donors (Lipinski definition) is 1. The van der Waals surface area contributed by atoms with Gasteiger partial charge in [-0.05, 0) is 43.9 Å². The van der Waals surface area contributed by atoms with Crippen LogP contribution in [0, 0.1) is 6.92 Å². The molecule has 1 saturated carbocycles. The molecule has 1 aromatic carbocycles. The summed E-state index contributed by atoms with van der Waals surface area (Å²) in [4.78, 5) is 4.57. The van der Waals surface area contributed by atoms with Gasteiger partial charge in [0.15, 0.2) is 0 Å². The van der Waals surface area contributed by atoms with Crippen molar-refractivity contribution in [2.45, 2.75) is 39.2 Å². The van der Waals surface area contributed by atoms with Crippen LogP contribution in [0.1, 0.15) is 37.1 Å². The molecule has 0 saturated heterocycles. The van der Waals surface area contributed by atoms with Crippen molar-refractivity contribution in [3.8, 4) is 0 Å². The van der Waals surface area contributed by atoms with Gasteiger partial charge in [-0.15, -0.1) is 0 Å². The van der Waals surface area contributed by atoms with E-state index in [4.69, 9.17) is 0 Å². The standard InChI is InChI=1S/C15H19N3/c1-3-12-5-4-6-13(9-12)17-15-16-11(2)10-18(15)14-7-8-14/h4-6,9-10,14H,3,7-8H2,1-2H3,(H,16,17). The number of nitrogens with one attached hydrogen (secondary N) is 1. The minimum atomic E-state index is 0.656. The summed E-state index contributed by atoms with van der Waals surface area (Å²) in [5, 5.41) is 3.44. The van der Waals surface area contributed by atoms with Crippen molar-refractivity contribution in [2.24, 2.45) is 0 Å². The number of aryl methyl sites for hydroxylation is 2. The lowest BCUT2D eigenvalue weighted by Gasteiger charge is -2.09. The van der Waals surface area contributed by atoms with Crippen LogP contribution in [0.3, 0.4) is 0 Å². The molecule has 2 aromatic rings. The van der Waals surface area contributed by atoms with E-state index in [-0.39, 0.29) is 0 Å². The maximum Gasteiger partial charge on any atom is 0.207 e. The van der Waals surface area contributed by atoms with Crippen LogP contribution < -0.4 is 5.32 Å². The second kappa shape index (κ2) is 4.48. The molecule has 0 amide bonds. The maximum absolute atomic E-state index is 4.57. The van der Waals surface area contributed by atoms with E-state index in [9.17, 15) is 0 Å². The molecular formula is C15H19N3. The van der Waals surface area contributed by atoms with Crippen LogP contribution in [0.15, 0.2) is 30.5 Å². The minimum Gasteiger partial charge on any atom is -0.326 e.